The Kier molecular flexibility index (Phi) is 5.36. The van der Waals surface area contributed by atoms with Crippen molar-refractivity contribution in [3.63, 3.8) is 0 Å². The zero-order valence-corrected chi connectivity index (χ0v) is 15.3. The van der Waals surface area contributed by atoms with Gasteiger partial charge in [-0.05, 0) is 31.5 Å². The van der Waals surface area contributed by atoms with Gasteiger partial charge in [0.2, 0.25) is 5.91 Å². The number of aromatic nitrogens is 1. The molecule has 0 aliphatic carbocycles. The molecule has 0 unspecified atom stereocenters. The van der Waals surface area contributed by atoms with E-state index in [-0.39, 0.29) is 17.6 Å². The van der Waals surface area contributed by atoms with Crippen LogP contribution < -0.4 is 5.32 Å². The molecule has 7 heteroatoms. The monoisotopic (exact) mass is 363 g/mol. The predicted molar refractivity (Wildman–Crippen MR) is 101 cm³/mol. The Morgan fingerprint density at radius 2 is 2.15 bits per heavy atom. The zero-order chi connectivity index (χ0) is 19.4. The van der Waals surface area contributed by atoms with Crippen molar-refractivity contribution in [2.75, 3.05) is 18.4 Å². The molecule has 0 saturated carbocycles. The SMILES string of the molecule is Cc1cccc(CN2CCN(C(=O)Nc3ccc(C#N)nc3)[C@H](C)C2=O)c1. The number of carbonyl (C=O) groups excluding carboxylic acids is 2. The van der Waals surface area contributed by atoms with Crippen LogP contribution in [0.3, 0.4) is 0 Å². The van der Waals surface area contributed by atoms with E-state index in [9.17, 15) is 9.59 Å². The van der Waals surface area contributed by atoms with Crippen molar-refractivity contribution < 1.29 is 9.59 Å². The third-order valence-corrected chi connectivity index (χ3v) is 4.59. The number of pyridine rings is 1. The van der Waals surface area contributed by atoms with Crippen LogP contribution in [-0.2, 0) is 11.3 Å². The Balaban J connectivity index is 1.63. The second-order valence-corrected chi connectivity index (χ2v) is 6.59. The lowest BCUT2D eigenvalue weighted by molar-refractivity contribution is -0.139. The molecule has 0 spiro atoms. The molecule has 138 valence electrons. The maximum Gasteiger partial charge on any atom is 0.322 e. The predicted octanol–water partition coefficient (Wildman–Crippen LogP) is 2.53. The van der Waals surface area contributed by atoms with Gasteiger partial charge in [-0.1, -0.05) is 29.8 Å². The highest BCUT2D eigenvalue weighted by Crippen LogP contribution is 2.17. The molecule has 2 aromatic rings. The van der Waals surface area contributed by atoms with Gasteiger partial charge in [0.1, 0.15) is 17.8 Å². The van der Waals surface area contributed by atoms with Crippen molar-refractivity contribution in [2.24, 2.45) is 0 Å². The first-order valence-electron chi connectivity index (χ1n) is 8.76. The van der Waals surface area contributed by atoms with Crippen LogP contribution in [0.15, 0.2) is 42.6 Å². The van der Waals surface area contributed by atoms with Gasteiger partial charge in [0.15, 0.2) is 0 Å². The van der Waals surface area contributed by atoms with Crippen LogP contribution in [0.2, 0.25) is 0 Å². The van der Waals surface area contributed by atoms with Crippen molar-refractivity contribution in [3.8, 4) is 6.07 Å². The lowest BCUT2D eigenvalue weighted by Gasteiger charge is -2.39. The van der Waals surface area contributed by atoms with Crippen molar-refractivity contribution in [1.82, 2.24) is 14.8 Å². The Bertz CT molecular complexity index is 888. The van der Waals surface area contributed by atoms with Gasteiger partial charge < -0.3 is 15.1 Å². The summed E-state index contributed by atoms with van der Waals surface area (Å²) in [6, 6.07) is 12.2. The number of benzene rings is 1. The molecular formula is C20H21N5O2. The molecule has 1 atom stereocenters. The lowest BCUT2D eigenvalue weighted by Crippen LogP contribution is -2.58. The molecule has 2 heterocycles. The number of urea groups is 1. The minimum absolute atomic E-state index is 0.0733. The Labute approximate surface area is 158 Å². The molecule has 1 aliphatic rings. The van der Waals surface area contributed by atoms with Crippen molar-refractivity contribution >= 4 is 17.6 Å². The number of hydrogen-bond acceptors (Lipinski definition) is 4. The molecule has 1 aromatic carbocycles. The van der Waals surface area contributed by atoms with Crippen molar-refractivity contribution in [3.05, 3.63) is 59.4 Å². The fraction of sp³-hybridized carbons (Fsp3) is 0.300. The molecule has 1 saturated heterocycles. The van der Waals surface area contributed by atoms with Crippen LogP contribution in [0.4, 0.5) is 10.5 Å². The fourth-order valence-corrected chi connectivity index (χ4v) is 3.12. The van der Waals surface area contributed by atoms with Gasteiger partial charge in [-0.15, -0.1) is 0 Å². The molecule has 1 aliphatic heterocycles. The number of amides is 3. The van der Waals surface area contributed by atoms with Crippen LogP contribution in [0.5, 0.6) is 0 Å². The summed E-state index contributed by atoms with van der Waals surface area (Å²) in [7, 11) is 0. The smallest absolute Gasteiger partial charge is 0.322 e. The van der Waals surface area contributed by atoms with E-state index >= 15 is 0 Å². The number of hydrogen-bond donors (Lipinski definition) is 1. The summed E-state index contributed by atoms with van der Waals surface area (Å²) in [5, 5.41) is 11.5. The summed E-state index contributed by atoms with van der Waals surface area (Å²) in [5.74, 6) is -0.0733. The van der Waals surface area contributed by atoms with Gasteiger partial charge in [0.25, 0.3) is 0 Å². The summed E-state index contributed by atoms with van der Waals surface area (Å²) in [6.45, 7) is 5.24. The van der Waals surface area contributed by atoms with Crippen LogP contribution >= 0.6 is 0 Å². The third-order valence-electron chi connectivity index (χ3n) is 4.59. The number of nitriles is 1. The van der Waals surface area contributed by atoms with Crippen LogP contribution in [0.25, 0.3) is 0 Å². The molecule has 1 fully saturated rings. The lowest BCUT2D eigenvalue weighted by atomic mass is 10.1. The first kappa shape index (κ1) is 18.4. The van der Waals surface area contributed by atoms with E-state index in [1.807, 2.05) is 31.2 Å². The van der Waals surface area contributed by atoms with E-state index < -0.39 is 6.04 Å². The van der Waals surface area contributed by atoms with Crippen LogP contribution in [0.1, 0.15) is 23.7 Å². The van der Waals surface area contributed by atoms with E-state index in [0.717, 1.165) is 11.1 Å². The van der Waals surface area contributed by atoms with Gasteiger partial charge >= 0.3 is 6.03 Å². The fourth-order valence-electron chi connectivity index (χ4n) is 3.12. The normalized spacial score (nSPS) is 16.8. The number of aryl methyl sites for hydroxylation is 1. The van der Waals surface area contributed by atoms with Gasteiger partial charge in [-0.3, -0.25) is 4.79 Å². The highest BCUT2D eigenvalue weighted by Gasteiger charge is 2.34. The number of rotatable bonds is 3. The Morgan fingerprint density at radius 1 is 1.33 bits per heavy atom. The highest BCUT2D eigenvalue weighted by atomic mass is 16.2. The molecule has 1 aromatic heterocycles. The number of anilines is 1. The van der Waals surface area contributed by atoms with Gasteiger partial charge in [0, 0.05) is 19.6 Å². The van der Waals surface area contributed by atoms with Crippen LogP contribution in [-0.4, -0.2) is 45.9 Å². The maximum absolute atomic E-state index is 12.7. The number of piperazine rings is 1. The first-order chi connectivity index (χ1) is 13.0. The number of nitrogens with zero attached hydrogens (tertiary/aromatic N) is 4. The molecule has 3 amide bonds. The second-order valence-electron chi connectivity index (χ2n) is 6.59. The number of nitrogens with one attached hydrogen (secondary N) is 1. The van der Waals surface area contributed by atoms with E-state index in [1.54, 1.807) is 17.9 Å². The maximum atomic E-state index is 12.7. The Morgan fingerprint density at radius 3 is 2.81 bits per heavy atom. The van der Waals surface area contributed by atoms with E-state index in [1.165, 1.54) is 17.2 Å². The quantitative estimate of drug-likeness (QED) is 0.907. The third kappa shape index (κ3) is 4.23. The summed E-state index contributed by atoms with van der Waals surface area (Å²) >= 11 is 0. The molecule has 0 radical (unpaired) electrons. The standard InChI is InChI=1S/C20H21N5O2/c1-14-4-3-5-16(10-14)13-24-8-9-25(15(2)19(24)26)20(27)23-18-7-6-17(11-21)22-12-18/h3-7,10,12,15H,8-9,13H2,1-2H3,(H,23,27)/t15-/m1/s1. The van der Waals surface area contributed by atoms with Gasteiger partial charge in [-0.2, -0.15) is 5.26 Å². The van der Waals surface area contributed by atoms with Crippen molar-refractivity contribution in [1.29, 1.82) is 5.26 Å². The molecule has 0 bridgehead atoms. The average molecular weight is 363 g/mol. The Hall–Kier alpha value is -3.40. The highest BCUT2D eigenvalue weighted by molar-refractivity contribution is 5.94. The van der Waals surface area contributed by atoms with Gasteiger partial charge in [-0.25, -0.2) is 9.78 Å². The zero-order valence-electron chi connectivity index (χ0n) is 15.3. The van der Waals surface area contributed by atoms with E-state index in [2.05, 4.69) is 16.4 Å². The molecule has 27 heavy (non-hydrogen) atoms. The summed E-state index contributed by atoms with van der Waals surface area (Å²) < 4.78 is 0. The van der Waals surface area contributed by atoms with Crippen molar-refractivity contribution in [2.45, 2.75) is 26.4 Å². The second kappa shape index (κ2) is 7.87. The first-order valence-corrected chi connectivity index (χ1v) is 8.76. The summed E-state index contributed by atoms with van der Waals surface area (Å²) in [6.07, 6.45) is 1.43. The minimum atomic E-state index is -0.546. The largest absolute Gasteiger partial charge is 0.335 e. The average Bonchev–Trinajstić information content (AvgIpc) is 2.66. The molecule has 7 nitrogen and oxygen atoms in total. The molecule has 3 rings (SSSR count). The van der Waals surface area contributed by atoms with E-state index in [4.69, 9.17) is 5.26 Å². The van der Waals surface area contributed by atoms with Gasteiger partial charge in [0.05, 0.1) is 11.9 Å². The number of carbonyl (C=O) groups is 2. The topological polar surface area (TPSA) is 89.3 Å². The summed E-state index contributed by atoms with van der Waals surface area (Å²) in [5.41, 5.74) is 3.00. The van der Waals surface area contributed by atoms with E-state index in [0.29, 0.717) is 25.3 Å². The molecular weight excluding hydrogens is 342 g/mol. The molecule has 1 N–H and O–H groups in total. The van der Waals surface area contributed by atoms with Crippen LogP contribution in [0, 0.1) is 18.3 Å². The summed E-state index contributed by atoms with van der Waals surface area (Å²) in [4.78, 5) is 32.5. The minimum Gasteiger partial charge on any atom is -0.335 e.